The Kier molecular flexibility index (Phi) is 14.9. The zero-order chi connectivity index (χ0) is 47.4. The SMILES string of the molecule is C=C/C=C(\C=C)P(=O)(c1ccccc1)c1ccc(C(N=C)=NC(=NCc2ccc(P(=O)(c3ccccc3)c3ccccc3)cc2)c2ccc(P(=O)(C3=CC=CCC=C3)c3ccccc3)cc2)cc1. The molecular formula is C59H50N3O3P3. The molecule has 7 aromatic rings. The van der Waals surface area contributed by atoms with Gasteiger partial charge in [0, 0.05) is 58.9 Å². The van der Waals surface area contributed by atoms with Crippen molar-refractivity contribution in [2.75, 3.05) is 0 Å². The first-order valence-corrected chi connectivity index (χ1v) is 27.3. The largest absolute Gasteiger partial charge is 0.309 e. The fraction of sp³-hybridized carbons (Fsp3) is 0.0339. The molecule has 0 N–H and O–H groups in total. The average molecular weight is 942 g/mol. The molecule has 0 radical (unpaired) electrons. The van der Waals surface area contributed by atoms with Crippen molar-refractivity contribution >= 4 is 76.9 Å². The van der Waals surface area contributed by atoms with Crippen molar-refractivity contribution in [1.82, 2.24) is 0 Å². The van der Waals surface area contributed by atoms with Crippen molar-refractivity contribution in [3.63, 3.8) is 0 Å². The summed E-state index contributed by atoms with van der Waals surface area (Å²) >= 11 is 0. The van der Waals surface area contributed by atoms with Crippen LogP contribution in [0, 0.1) is 0 Å². The molecule has 0 spiro atoms. The van der Waals surface area contributed by atoms with Gasteiger partial charge in [0.2, 0.25) is 0 Å². The minimum Gasteiger partial charge on any atom is -0.309 e. The number of hydrogen-bond donors (Lipinski definition) is 0. The van der Waals surface area contributed by atoms with Gasteiger partial charge in [-0.1, -0.05) is 256 Å². The van der Waals surface area contributed by atoms with Crippen LogP contribution in [0.25, 0.3) is 0 Å². The first-order chi connectivity index (χ1) is 33.2. The maximum absolute atomic E-state index is 15.4. The molecule has 7 aromatic carbocycles. The van der Waals surface area contributed by atoms with Crippen LogP contribution < -0.4 is 37.1 Å². The van der Waals surface area contributed by atoms with E-state index in [4.69, 9.17) is 9.98 Å². The van der Waals surface area contributed by atoms with Crippen molar-refractivity contribution in [3.05, 3.63) is 283 Å². The summed E-state index contributed by atoms with van der Waals surface area (Å²) in [7, 11) is -9.78. The van der Waals surface area contributed by atoms with Gasteiger partial charge < -0.3 is 13.7 Å². The zero-order valence-corrected chi connectivity index (χ0v) is 40.2. The summed E-state index contributed by atoms with van der Waals surface area (Å²) < 4.78 is 45.6. The van der Waals surface area contributed by atoms with E-state index in [1.54, 1.807) is 18.2 Å². The second-order valence-corrected chi connectivity index (χ2v) is 24.2. The van der Waals surface area contributed by atoms with Gasteiger partial charge in [-0.25, -0.2) is 9.98 Å². The van der Waals surface area contributed by atoms with E-state index in [1.165, 1.54) is 0 Å². The van der Waals surface area contributed by atoms with Crippen molar-refractivity contribution < 1.29 is 13.7 Å². The molecule has 0 heterocycles. The van der Waals surface area contributed by atoms with Crippen molar-refractivity contribution in [1.29, 1.82) is 0 Å². The molecule has 0 saturated heterocycles. The minimum absolute atomic E-state index is 0.234. The van der Waals surface area contributed by atoms with Crippen molar-refractivity contribution in [2.24, 2.45) is 15.0 Å². The normalized spacial score (nSPS) is 15.0. The highest BCUT2D eigenvalue weighted by atomic mass is 31.2. The van der Waals surface area contributed by atoms with Crippen LogP contribution in [-0.4, -0.2) is 18.4 Å². The molecule has 334 valence electrons. The van der Waals surface area contributed by atoms with E-state index in [0.29, 0.717) is 49.3 Å². The molecule has 2 unspecified atom stereocenters. The van der Waals surface area contributed by atoms with Gasteiger partial charge in [0.25, 0.3) is 0 Å². The van der Waals surface area contributed by atoms with Gasteiger partial charge in [-0.05, 0) is 18.7 Å². The average Bonchev–Trinajstić information content (AvgIpc) is 3.71. The van der Waals surface area contributed by atoms with Gasteiger partial charge in [0.05, 0.1) is 6.54 Å². The van der Waals surface area contributed by atoms with E-state index in [0.717, 1.165) is 33.2 Å². The Labute approximate surface area is 399 Å². The smallest absolute Gasteiger partial charge is 0.171 e. The van der Waals surface area contributed by atoms with Crippen LogP contribution in [0.2, 0.25) is 0 Å². The van der Waals surface area contributed by atoms with Gasteiger partial charge in [-0.3, -0.25) is 4.99 Å². The molecule has 0 bridgehead atoms. The topological polar surface area (TPSA) is 88.3 Å². The van der Waals surface area contributed by atoms with E-state index < -0.39 is 21.4 Å². The molecule has 0 saturated carbocycles. The lowest BCUT2D eigenvalue weighted by Gasteiger charge is -2.21. The van der Waals surface area contributed by atoms with Crippen LogP contribution in [0.1, 0.15) is 23.1 Å². The number of benzene rings is 7. The Balaban J connectivity index is 1.20. The summed E-state index contributed by atoms with van der Waals surface area (Å²) in [5.74, 6) is 0.673. The number of hydrogen-bond acceptors (Lipinski definition) is 4. The summed E-state index contributed by atoms with van der Waals surface area (Å²) in [5.41, 5.74) is 2.18. The maximum atomic E-state index is 15.4. The minimum atomic E-state index is -3.32. The fourth-order valence-electron chi connectivity index (χ4n) is 8.19. The maximum Gasteiger partial charge on any atom is 0.171 e. The third-order valence-electron chi connectivity index (χ3n) is 11.7. The van der Waals surface area contributed by atoms with E-state index in [-0.39, 0.29) is 6.54 Å². The predicted molar refractivity (Wildman–Crippen MR) is 291 cm³/mol. The molecule has 68 heavy (non-hydrogen) atoms. The Hall–Kier alpha value is -7.32. The first kappa shape index (κ1) is 47.2. The molecular weight excluding hydrogens is 892 g/mol. The fourth-order valence-corrected chi connectivity index (χ4v) is 16.1. The van der Waals surface area contributed by atoms with E-state index in [2.05, 4.69) is 24.9 Å². The molecule has 0 aliphatic heterocycles. The van der Waals surface area contributed by atoms with Crippen LogP contribution in [-0.2, 0) is 20.2 Å². The summed E-state index contributed by atoms with van der Waals surface area (Å²) in [5, 5.41) is 6.22. The quantitative estimate of drug-likeness (QED) is 0.0444. The highest BCUT2D eigenvalue weighted by molar-refractivity contribution is 7.85. The van der Waals surface area contributed by atoms with E-state index in [1.807, 2.05) is 225 Å². The lowest BCUT2D eigenvalue weighted by Crippen LogP contribution is -2.24. The summed E-state index contributed by atoms with van der Waals surface area (Å²) in [6, 6.07) is 60.8. The Morgan fingerprint density at radius 1 is 0.515 bits per heavy atom. The Morgan fingerprint density at radius 3 is 1.47 bits per heavy atom. The number of aliphatic imine (C=N–C) groups is 3. The van der Waals surface area contributed by atoms with E-state index in [9.17, 15) is 0 Å². The van der Waals surface area contributed by atoms with Crippen LogP contribution >= 0.6 is 21.4 Å². The van der Waals surface area contributed by atoms with Gasteiger partial charge >= 0.3 is 0 Å². The second kappa shape index (κ2) is 21.5. The van der Waals surface area contributed by atoms with Crippen LogP contribution in [0.5, 0.6) is 0 Å². The predicted octanol–water partition coefficient (Wildman–Crippen LogP) is 11.7. The molecule has 0 amide bonds. The lowest BCUT2D eigenvalue weighted by atomic mass is 10.2. The van der Waals surface area contributed by atoms with Gasteiger partial charge in [-0.2, -0.15) is 0 Å². The zero-order valence-electron chi connectivity index (χ0n) is 37.5. The third-order valence-corrected chi connectivity index (χ3v) is 21.0. The highest BCUT2D eigenvalue weighted by Crippen LogP contribution is 2.53. The Bertz CT molecular complexity index is 3220. The molecule has 0 aromatic heterocycles. The molecule has 8 rings (SSSR count). The first-order valence-electron chi connectivity index (χ1n) is 22.2. The van der Waals surface area contributed by atoms with Gasteiger partial charge in [-0.15, -0.1) is 0 Å². The van der Waals surface area contributed by atoms with Gasteiger partial charge in [0.1, 0.15) is 0 Å². The lowest BCUT2D eigenvalue weighted by molar-refractivity contribution is 0.590. The van der Waals surface area contributed by atoms with Crippen molar-refractivity contribution in [3.8, 4) is 0 Å². The summed E-state index contributed by atoms with van der Waals surface area (Å²) in [4.78, 5) is 14.5. The molecule has 0 fully saturated rings. The Morgan fingerprint density at radius 2 is 0.956 bits per heavy atom. The monoisotopic (exact) mass is 941 g/mol. The molecule has 6 nitrogen and oxygen atoms in total. The third kappa shape index (κ3) is 9.73. The molecule has 9 heteroatoms. The molecule has 1 aliphatic carbocycles. The number of allylic oxidation sites excluding steroid dienone is 10. The number of amidine groups is 2. The second-order valence-electron chi connectivity index (χ2n) is 15.9. The standard InChI is InChI=1S/C59H50N3O3P3/c1-4-22-49(5-2)66(63,50-25-14-8-15-26-50)56-41-35-47(36-42-56)58(60-3)62-59(48-37-43-57(44-38-48)68(65,54-31-20-11-21-32-54)51-23-12-6-7-13-24-51)61-45-46-33-39-55(40-34-46)67(64,52-27-16-9-17-28-52)53-29-18-10-19-30-53/h4-6,8-44H,1-3,7,45H2/b49-22+,61-59?,62-58?. The summed E-state index contributed by atoms with van der Waals surface area (Å²) in [6.07, 6.45) is 15.7. The van der Waals surface area contributed by atoms with Gasteiger partial charge in [0.15, 0.2) is 33.1 Å². The number of nitrogens with zero attached hydrogens (tertiary/aromatic N) is 3. The number of rotatable bonds is 15. The van der Waals surface area contributed by atoms with Crippen molar-refractivity contribution in [2.45, 2.75) is 13.0 Å². The summed E-state index contributed by atoms with van der Waals surface area (Å²) in [6.45, 7) is 12.0. The molecule has 1 aliphatic rings. The molecule has 2 atom stereocenters. The van der Waals surface area contributed by atoms with E-state index >= 15 is 13.7 Å². The van der Waals surface area contributed by atoms with Crippen LogP contribution in [0.15, 0.2) is 281 Å². The highest BCUT2D eigenvalue weighted by Gasteiger charge is 2.33. The van der Waals surface area contributed by atoms with Crippen LogP contribution in [0.3, 0.4) is 0 Å². The van der Waals surface area contributed by atoms with Crippen LogP contribution in [0.4, 0.5) is 0 Å².